The number of nitrogens with zero attached hydrogens (tertiary/aromatic N) is 3. The van der Waals surface area contributed by atoms with Gasteiger partial charge in [0.2, 0.25) is 10.0 Å². The van der Waals surface area contributed by atoms with Crippen LogP contribution in [0.5, 0.6) is 5.75 Å². The highest BCUT2D eigenvalue weighted by molar-refractivity contribution is 7.89. The molecule has 3 rings (SSSR count). The van der Waals surface area contributed by atoms with Gasteiger partial charge in [-0.15, -0.1) is 0 Å². The maximum Gasteiger partial charge on any atom is 0.422 e. The average Bonchev–Trinajstić information content (AvgIpc) is 2.82. The Morgan fingerprint density at radius 2 is 1.64 bits per heavy atom. The summed E-state index contributed by atoms with van der Waals surface area (Å²) >= 11 is 0. The van der Waals surface area contributed by atoms with Crippen molar-refractivity contribution < 1.29 is 45.7 Å². The van der Waals surface area contributed by atoms with Crippen LogP contribution in [-0.2, 0) is 14.8 Å². The number of nitro benzene ring substituents is 2. The molecule has 36 heavy (non-hydrogen) atoms. The number of non-ortho nitro benzene ring substituents is 2. The number of carbonyl (C=O) groups is 1. The molecule has 0 atom stereocenters. The number of benzene rings is 2. The first-order chi connectivity index (χ1) is 16.8. The van der Waals surface area contributed by atoms with E-state index in [4.69, 9.17) is 9.47 Å². The fourth-order valence-electron chi connectivity index (χ4n) is 3.12. The van der Waals surface area contributed by atoms with Gasteiger partial charge in [0.1, 0.15) is 5.75 Å². The van der Waals surface area contributed by atoms with Crippen molar-refractivity contribution in [2.45, 2.75) is 11.1 Å². The molecule has 17 heteroatoms. The van der Waals surface area contributed by atoms with Crippen molar-refractivity contribution in [2.24, 2.45) is 0 Å². The van der Waals surface area contributed by atoms with Crippen LogP contribution < -0.4 is 10.1 Å². The Labute approximate surface area is 200 Å². The second-order valence-corrected chi connectivity index (χ2v) is 9.22. The smallest absolute Gasteiger partial charge is 0.422 e. The lowest BCUT2D eigenvalue weighted by Crippen LogP contribution is -2.40. The lowest BCUT2D eigenvalue weighted by molar-refractivity contribution is -0.394. The van der Waals surface area contributed by atoms with Gasteiger partial charge >= 0.3 is 6.18 Å². The average molecular weight is 534 g/mol. The van der Waals surface area contributed by atoms with Crippen LogP contribution in [0.2, 0.25) is 0 Å². The Morgan fingerprint density at radius 3 is 2.17 bits per heavy atom. The normalized spacial score (nSPS) is 14.8. The minimum absolute atomic E-state index is 0.0215. The summed E-state index contributed by atoms with van der Waals surface area (Å²) in [5.74, 6) is -1.75. The molecule has 1 N–H and O–H groups in total. The molecule has 1 fully saturated rings. The number of anilines is 1. The Hall–Kier alpha value is -3.83. The summed E-state index contributed by atoms with van der Waals surface area (Å²) in [4.78, 5) is 32.6. The molecule has 1 heterocycles. The Morgan fingerprint density at radius 1 is 1.06 bits per heavy atom. The molecule has 0 bridgehead atoms. The lowest BCUT2D eigenvalue weighted by Gasteiger charge is -2.26. The highest BCUT2D eigenvalue weighted by Gasteiger charge is 2.31. The third-order valence-electron chi connectivity index (χ3n) is 4.78. The van der Waals surface area contributed by atoms with Gasteiger partial charge in [-0.2, -0.15) is 17.5 Å². The number of ether oxygens (including phenoxy) is 2. The molecule has 1 saturated heterocycles. The van der Waals surface area contributed by atoms with Gasteiger partial charge in [0.05, 0.1) is 45.3 Å². The number of hydrogen-bond donors (Lipinski definition) is 1. The van der Waals surface area contributed by atoms with E-state index in [9.17, 15) is 46.6 Å². The summed E-state index contributed by atoms with van der Waals surface area (Å²) in [7, 11) is -4.14. The molecule has 0 saturated carbocycles. The van der Waals surface area contributed by atoms with E-state index in [1.54, 1.807) is 0 Å². The van der Waals surface area contributed by atoms with E-state index < -0.39 is 66.9 Å². The maximum absolute atomic E-state index is 12.9. The number of sulfonamides is 1. The van der Waals surface area contributed by atoms with Crippen molar-refractivity contribution >= 4 is 33.0 Å². The summed E-state index contributed by atoms with van der Waals surface area (Å²) in [6.45, 7) is -1.47. The summed E-state index contributed by atoms with van der Waals surface area (Å²) in [5, 5.41) is 24.3. The van der Waals surface area contributed by atoms with Crippen molar-refractivity contribution in [3.8, 4) is 5.75 Å². The van der Waals surface area contributed by atoms with E-state index in [1.807, 2.05) is 0 Å². The molecular weight excluding hydrogens is 517 g/mol. The number of rotatable bonds is 8. The SMILES string of the molecule is O=C(Nc1cc(S(=O)(=O)N2CCOCC2)ccc1OCC(F)(F)F)c1cc([N+](=O)[O-])cc([N+](=O)[O-])c1. The van der Waals surface area contributed by atoms with Crippen molar-refractivity contribution in [3.63, 3.8) is 0 Å². The first kappa shape index (κ1) is 26.8. The second kappa shape index (κ2) is 10.4. The third-order valence-corrected chi connectivity index (χ3v) is 6.68. The van der Waals surface area contributed by atoms with Gasteiger partial charge in [-0.3, -0.25) is 25.0 Å². The molecule has 13 nitrogen and oxygen atoms in total. The quantitative estimate of drug-likeness (QED) is 0.395. The number of hydrogen-bond acceptors (Lipinski definition) is 9. The maximum atomic E-state index is 12.9. The van der Waals surface area contributed by atoms with Crippen molar-refractivity contribution in [3.05, 3.63) is 62.2 Å². The van der Waals surface area contributed by atoms with Crippen LogP contribution in [0.25, 0.3) is 0 Å². The van der Waals surface area contributed by atoms with E-state index >= 15 is 0 Å². The Balaban J connectivity index is 2.01. The minimum Gasteiger partial charge on any atom is -0.482 e. The van der Waals surface area contributed by atoms with E-state index in [1.165, 1.54) is 0 Å². The molecular formula is C19H17F3N4O9S. The second-order valence-electron chi connectivity index (χ2n) is 7.28. The number of nitrogens with one attached hydrogen (secondary N) is 1. The largest absolute Gasteiger partial charge is 0.482 e. The predicted octanol–water partition coefficient (Wildman–Crippen LogP) is 2.72. The monoisotopic (exact) mass is 534 g/mol. The first-order valence-electron chi connectivity index (χ1n) is 9.94. The number of morpholine rings is 1. The highest BCUT2D eigenvalue weighted by atomic mass is 32.2. The number of amides is 1. The van der Waals surface area contributed by atoms with Crippen LogP contribution in [0.4, 0.5) is 30.2 Å². The molecule has 0 aromatic heterocycles. The molecule has 1 aliphatic heterocycles. The van der Waals surface area contributed by atoms with Crippen molar-refractivity contribution in [1.82, 2.24) is 4.31 Å². The number of halogens is 3. The van der Waals surface area contributed by atoms with E-state index in [0.717, 1.165) is 22.5 Å². The summed E-state index contributed by atoms with van der Waals surface area (Å²) in [6, 6.07) is 4.80. The fourth-order valence-corrected chi connectivity index (χ4v) is 4.55. The summed E-state index contributed by atoms with van der Waals surface area (Å²) in [5.41, 5.74) is -2.65. The Kier molecular flexibility index (Phi) is 7.75. The molecule has 1 aliphatic rings. The number of carbonyl (C=O) groups excluding carboxylic acids is 1. The van der Waals surface area contributed by atoms with Gasteiger partial charge in [-0.25, -0.2) is 8.42 Å². The fraction of sp³-hybridized carbons (Fsp3) is 0.316. The molecule has 0 spiro atoms. The topological polar surface area (TPSA) is 171 Å². The zero-order chi connectivity index (χ0) is 26.7. The van der Waals surface area contributed by atoms with Gasteiger partial charge in [0, 0.05) is 25.2 Å². The molecule has 0 unspecified atom stereocenters. The van der Waals surface area contributed by atoms with Gasteiger partial charge in [0.15, 0.2) is 6.61 Å². The van der Waals surface area contributed by atoms with Crippen LogP contribution in [0.3, 0.4) is 0 Å². The molecule has 0 aliphatic carbocycles. The van der Waals surface area contributed by atoms with Gasteiger partial charge in [-0.05, 0) is 18.2 Å². The highest BCUT2D eigenvalue weighted by Crippen LogP contribution is 2.32. The van der Waals surface area contributed by atoms with Crippen LogP contribution in [0, 0.1) is 20.2 Å². The van der Waals surface area contributed by atoms with E-state index in [2.05, 4.69) is 5.32 Å². The number of nitro groups is 2. The molecule has 2 aromatic rings. The molecule has 2 aromatic carbocycles. The zero-order valence-electron chi connectivity index (χ0n) is 18.1. The standard InChI is InChI=1S/C19H17F3N4O9S/c20-19(21,22)11-35-17-2-1-15(36(32,33)24-3-5-34-6-4-24)10-16(17)23-18(27)12-7-13(25(28)29)9-14(8-12)26(30)31/h1-2,7-10H,3-6,11H2,(H,23,27). The number of alkyl halides is 3. The van der Waals surface area contributed by atoms with Crippen molar-refractivity contribution in [2.75, 3.05) is 38.2 Å². The zero-order valence-corrected chi connectivity index (χ0v) is 18.9. The van der Waals surface area contributed by atoms with E-state index in [0.29, 0.717) is 18.2 Å². The summed E-state index contributed by atoms with van der Waals surface area (Å²) < 4.78 is 74.9. The van der Waals surface area contributed by atoms with Gasteiger partial charge in [0.25, 0.3) is 17.3 Å². The lowest BCUT2D eigenvalue weighted by atomic mass is 10.1. The predicted molar refractivity (Wildman–Crippen MR) is 115 cm³/mol. The molecule has 194 valence electrons. The Bertz CT molecular complexity index is 1260. The van der Waals surface area contributed by atoms with Crippen LogP contribution in [0.15, 0.2) is 41.3 Å². The third kappa shape index (κ3) is 6.43. The molecule has 1 amide bonds. The van der Waals surface area contributed by atoms with E-state index in [-0.39, 0.29) is 31.2 Å². The van der Waals surface area contributed by atoms with Crippen LogP contribution in [0.1, 0.15) is 10.4 Å². The molecule has 0 radical (unpaired) electrons. The minimum atomic E-state index is -4.76. The van der Waals surface area contributed by atoms with Crippen molar-refractivity contribution in [1.29, 1.82) is 0 Å². The van der Waals surface area contributed by atoms with Gasteiger partial charge in [-0.1, -0.05) is 0 Å². The van der Waals surface area contributed by atoms with Crippen LogP contribution >= 0.6 is 0 Å². The first-order valence-corrected chi connectivity index (χ1v) is 11.4. The summed E-state index contributed by atoms with van der Waals surface area (Å²) in [6.07, 6.45) is -4.76. The van der Waals surface area contributed by atoms with Crippen LogP contribution in [-0.4, -0.2) is 67.6 Å². The van der Waals surface area contributed by atoms with Gasteiger partial charge < -0.3 is 14.8 Å².